The van der Waals surface area contributed by atoms with Gasteiger partial charge in [0.1, 0.15) is 0 Å². The molecule has 0 spiro atoms. The molecule has 0 radical (unpaired) electrons. The number of likely N-dealkylation sites (tertiary alicyclic amines) is 1. The smallest absolute Gasteiger partial charge is 0.224 e. The maximum Gasteiger partial charge on any atom is 0.224 e. The van der Waals surface area contributed by atoms with E-state index in [1.54, 1.807) is 0 Å². The third kappa shape index (κ3) is 2.93. The van der Waals surface area contributed by atoms with Gasteiger partial charge < -0.3 is 15.4 Å². The minimum Gasteiger partial charge on any atom is -0.379 e. The van der Waals surface area contributed by atoms with E-state index in [-0.39, 0.29) is 11.4 Å². The Morgan fingerprint density at radius 2 is 2.00 bits per heavy atom. The number of nitrogens with two attached hydrogens (primary N) is 1. The summed E-state index contributed by atoms with van der Waals surface area (Å²) < 4.78 is 5.38. The lowest BCUT2D eigenvalue weighted by Crippen LogP contribution is -2.51. The first-order chi connectivity index (χ1) is 9.16. The standard InChI is InChI=1S/C14H25N3O2/c15-14(3-1-4-14)10-13(18)17-5-2-12(11-17)16-6-8-19-9-7-16/h12H,1-11,15H2. The molecule has 1 aliphatic carbocycles. The van der Waals surface area contributed by atoms with Crippen LogP contribution in [0.4, 0.5) is 0 Å². The van der Waals surface area contributed by atoms with Crippen LogP contribution in [0.25, 0.3) is 0 Å². The van der Waals surface area contributed by atoms with E-state index in [1.807, 2.05) is 4.90 Å². The van der Waals surface area contributed by atoms with Crippen molar-refractivity contribution < 1.29 is 9.53 Å². The molecule has 5 nitrogen and oxygen atoms in total. The first-order valence-electron chi connectivity index (χ1n) is 7.55. The predicted octanol–water partition coefficient (Wildman–Crippen LogP) is 0.191. The fourth-order valence-electron chi connectivity index (χ4n) is 3.43. The molecule has 2 saturated heterocycles. The molecule has 1 saturated carbocycles. The molecule has 0 bridgehead atoms. The van der Waals surface area contributed by atoms with Gasteiger partial charge >= 0.3 is 0 Å². The molecule has 108 valence electrons. The highest BCUT2D eigenvalue weighted by Crippen LogP contribution is 2.33. The number of nitrogens with zero attached hydrogens (tertiary/aromatic N) is 2. The van der Waals surface area contributed by atoms with Crippen LogP contribution in [-0.4, -0.2) is 66.7 Å². The fraction of sp³-hybridized carbons (Fsp3) is 0.929. The first kappa shape index (κ1) is 13.3. The molecular formula is C14H25N3O2. The largest absolute Gasteiger partial charge is 0.379 e. The summed E-state index contributed by atoms with van der Waals surface area (Å²) in [7, 11) is 0. The van der Waals surface area contributed by atoms with Gasteiger partial charge in [0.2, 0.25) is 5.91 Å². The van der Waals surface area contributed by atoms with E-state index in [0.29, 0.717) is 12.5 Å². The minimum atomic E-state index is -0.186. The van der Waals surface area contributed by atoms with Crippen molar-refractivity contribution in [3.8, 4) is 0 Å². The van der Waals surface area contributed by atoms with Crippen LogP contribution < -0.4 is 5.73 Å². The second kappa shape index (κ2) is 5.38. The summed E-state index contributed by atoms with van der Waals surface area (Å²) in [5.74, 6) is 0.262. The third-order valence-corrected chi connectivity index (χ3v) is 4.93. The van der Waals surface area contributed by atoms with E-state index in [1.165, 1.54) is 6.42 Å². The third-order valence-electron chi connectivity index (χ3n) is 4.93. The van der Waals surface area contributed by atoms with Gasteiger partial charge in [0.05, 0.1) is 13.2 Å². The summed E-state index contributed by atoms with van der Waals surface area (Å²) in [5, 5.41) is 0. The molecule has 2 N–H and O–H groups in total. The summed E-state index contributed by atoms with van der Waals surface area (Å²) in [6.45, 7) is 5.46. The van der Waals surface area contributed by atoms with E-state index in [9.17, 15) is 4.79 Å². The number of ether oxygens (including phenoxy) is 1. The molecule has 0 aromatic heterocycles. The molecule has 1 amide bonds. The van der Waals surface area contributed by atoms with Crippen molar-refractivity contribution in [2.24, 2.45) is 5.73 Å². The molecule has 2 heterocycles. The molecular weight excluding hydrogens is 242 g/mol. The van der Waals surface area contributed by atoms with Gasteiger partial charge in [0.15, 0.2) is 0 Å². The summed E-state index contributed by atoms with van der Waals surface area (Å²) in [5.41, 5.74) is 5.99. The van der Waals surface area contributed by atoms with Crippen molar-refractivity contribution in [1.29, 1.82) is 0 Å². The zero-order chi connectivity index (χ0) is 13.3. The quantitative estimate of drug-likeness (QED) is 0.793. The number of hydrogen-bond acceptors (Lipinski definition) is 4. The van der Waals surface area contributed by atoms with Crippen LogP contribution in [0.5, 0.6) is 0 Å². The van der Waals surface area contributed by atoms with Crippen molar-refractivity contribution >= 4 is 5.91 Å². The molecule has 3 fully saturated rings. The van der Waals surface area contributed by atoms with Gasteiger partial charge in [-0.25, -0.2) is 0 Å². The normalized spacial score (nSPS) is 31.2. The Labute approximate surface area is 115 Å². The molecule has 1 unspecified atom stereocenters. The molecule has 2 aliphatic heterocycles. The number of amides is 1. The van der Waals surface area contributed by atoms with E-state index in [0.717, 1.165) is 58.7 Å². The van der Waals surface area contributed by atoms with Crippen LogP contribution in [0.1, 0.15) is 32.1 Å². The van der Waals surface area contributed by atoms with Crippen LogP contribution in [0.2, 0.25) is 0 Å². The highest BCUT2D eigenvalue weighted by molar-refractivity contribution is 5.78. The van der Waals surface area contributed by atoms with Gasteiger partial charge in [-0.1, -0.05) is 0 Å². The maximum absolute atomic E-state index is 12.3. The van der Waals surface area contributed by atoms with Crippen LogP contribution in [0, 0.1) is 0 Å². The summed E-state index contributed by atoms with van der Waals surface area (Å²) >= 11 is 0. The van der Waals surface area contributed by atoms with Gasteiger partial charge in [-0.2, -0.15) is 0 Å². The second-order valence-electron chi connectivity index (χ2n) is 6.32. The monoisotopic (exact) mass is 267 g/mol. The summed E-state index contributed by atoms with van der Waals surface area (Å²) in [6.07, 6.45) is 4.85. The highest BCUT2D eigenvalue weighted by atomic mass is 16.5. The Morgan fingerprint density at radius 3 is 2.63 bits per heavy atom. The van der Waals surface area contributed by atoms with Crippen molar-refractivity contribution in [3.05, 3.63) is 0 Å². The van der Waals surface area contributed by atoms with Crippen molar-refractivity contribution in [2.45, 2.75) is 43.7 Å². The van der Waals surface area contributed by atoms with Crippen LogP contribution in [-0.2, 0) is 9.53 Å². The van der Waals surface area contributed by atoms with Gasteiger partial charge in [0.25, 0.3) is 0 Å². The minimum absolute atomic E-state index is 0.186. The second-order valence-corrected chi connectivity index (χ2v) is 6.32. The molecule has 3 aliphatic rings. The predicted molar refractivity (Wildman–Crippen MR) is 72.8 cm³/mol. The number of hydrogen-bond donors (Lipinski definition) is 1. The average Bonchev–Trinajstić information content (AvgIpc) is 2.87. The lowest BCUT2D eigenvalue weighted by molar-refractivity contribution is -0.132. The topological polar surface area (TPSA) is 58.8 Å². The van der Waals surface area contributed by atoms with Gasteiger partial charge in [-0.15, -0.1) is 0 Å². The first-order valence-corrected chi connectivity index (χ1v) is 7.55. The maximum atomic E-state index is 12.3. The Kier molecular flexibility index (Phi) is 3.78. The van der Waals surface area contributed by atoms with E-state index in [4.69, 9.17) is 10.5 Å². The fourth-order valence-corrected chi connectivity index (χ4v) is 3.43. The van der Waals surface area contributed by atoms with E-state index in [2.05, 4.69) is 4.90 Å². The average molecular weight is 267 g/mol. The number of carbonyl (C=O) groups excluding carboxylic acids is 1. The lowest BCUT2D eigenvalue weighted by Gasteiger charge is -2.38. The van der Waals surface area contributed by atoms with Gasteiger partial charge in [0, 0.05) is 44.2 Å². The highest BCUT2D eigenvalue weighted by Gasteiger charge is 2.38. The number of carbonyl (C=O) groups is 1. The summed E-state index contributed by atoms with van der Waals surface area (Å²) in [6, 6.07) is 0.531. The zero-order valence-corrected chi connectivity index (χ0v) is 11.6. The Hall–Kier alpha value is -0.650. The van der Waals surface area contributed by atoms with Crippen molar-refractivity contribution in [2.75, 3.05) is 39.4 Å². The van der Waals surface area contributed by atoms with Gasteiger partial charge in [-0.3, -0.25) is 9.69 Å². The molecule has 1 atom stereocenters. The molecule has 0 aromatic carbocycles. The molecule has 19 heavy (non-hydrogen) atoms. The number of rotatable bonds is 3. The SMILES string of the molecule is NC1(CC(=O)N2CCC(N3CCOCC3)C2)CCC1. The Bertz CT molecular complexity index is 338. The van der Waals surface area contributed by atoms with Crippen molar-refractivity contribution in [1.82, 2.24) is 9.80 Å². The van der Waals surface area contributed by atoms with E-state index < -0.39 is 0 Å². The molecule has 3 rings (SSSR count). The zero-order valence-electron chi connectivity index (χ0n) is 11.6. The summed E-state index contributed by atoms with van der Waals surface area (Å²) in [4.78, 5) is 16.8. The van der Waals surface area contributed by atoms with Crippen LogP contribution in [0.15, 0.2) is 0 Å². The Balaban J connectivity index is 1.49. The van der Waals surface area contributed by atoms with Gasteiger partial charge in [-0.05, 0) is 25.7 Å². The number of morpholine rings is 1. The molecule has 5 heteroatoms. The lowest BCUT2D eigenvalue weighted by atomic mass is 9.75. The van der Waals surface area contributed by atoms with Crippen molar-refractivity contribution in [3.63, 3.8) is 0 Å². The Morgan fingerprint density at radius 1 is 1.26 bits per heavy atom. The van der Waals surface area contributed by atoms with E-state index >= 15 is 0 Å². The molecule has 0 aromatic rings. The van der Waals surface area contributed by atoms with Crippen LogP contribution >= 0.6 is 0 Å². The van der Waals surface area contributed by atoms with Crippen LogP contribution in [0.3, 0.4) is 0 Å².